The fourth-order valence-electron chi connectivity index (χ4n) is 1.82. The van der Waals surface area contributed by atoms with Gasteiger partial charge in [0.15, 0.2) is 23.1 Å². The van der Waals surface area contributed by atoms with E-state index in [1.165, 1.54) is 19.1 Å². The Labute approximate surface area is 118 Å². The van der Waals surface area contributed by atoms with E-state index in [1.54, 1.807) is 0 Å². The Morgan fingerprint density at radius 3 is 2.62 bits per heavy atom. The molecule has 2 rings (SSSR count). The van der Waals surface area contributed by atoms with Crippen molar-refractivity contribution in [2.75, 3.05) is 0 Å². The second-order valence-electron chi connectivity index (χ2n) is 4.31. The van der Waals surface area contributed by atoms with Gasteiger partial charge in [-0.05, 0) is 19.1 Å². The number of nitro benzene ring substituents is 1. The number of hydrogen-bond acceptors (Lipinski definition) is 4. The molecule has 0 saturated carbocycles. The van der Waals surface area contributed by atoms with Crippen molar-refractivity contribution in [3.63, 3.8) is 0 Å². The topological polar surface area (TPSA) is 72.6 Å². The molecule has 0 bridgehead atoms. The van der Waals surface area contributed by atoms with Crippen molar-refractivity contribution in [3.8, 4) is 11.5 Å². The molecule has 2 aromatic rings. The number of nitro groups is 1. The minimum Gasteiger partial charge on any atom is -0.451 e. The van der Waals surface area contributed by atoms with Crippen LogP contribution in [0.25, 0.3) is 0 Å². The van der Waals surface area contributed by atoms with Crippen LogP contribution < -0.4 is 4.74 Å². The Bertz CT molecular complexity index is 704. The van der Waals surface area contributed by atoms with Crippen LogP contribution >= 0.6 is 0 Å². The van der Waals surface area contributed by atoms with E-state index in [2.05, 4.69) is 0 Å². The summed E-state index contributed by atoms with van der Waals surface area (Å²) in [7, 11) is 0. The van der Waals surface area contributed by atoms with Crippen molar-refractivity contribution in [2.24, 2.45) is 0 Å². The average Bonchev–Trinajstić information content (AvgIpc) is 2.44. The number of para-hydroxylation sites is 1. The van der Waals surface area contributed by atoms with Gasteiger partial charge >= 0.3 is 0 Å². The highest BCUT2D eigenvalue weighted by molar-refractivity contribution is 5.47. The number of nitrogens with zero attached hydrogens (tertiary/aromatic N) is 1. The number of halogens is 2. The van der Waals surface area contributed by atoms with E-state index >= 15 is 0 Å². The third-order valence-electron chi connectivity index (χ3n) is 2.88. The lowest BCUT2D eigenvalue weighted by Gasteiger charge is -2.12. The molecule has 21 heavy (non-hydrogen) atoms. The molecule has 0 aliphatic heterocycles. The number of benzene rings is 2. The first kappa shape index (κ1) is 14.9. The number of aliphatic hydroxyl groups excluding tert-OH is 1. The normalized spacial score (nSPS) is 10.5. The second-order valence-corrected chi connectivity index (χ2v) is 4.31. The first-order chi connectivity index (χ1) is 9.93. The van der Waals surface area contributed by atoms with Crippen LogP contribution in [0.15, 0.2) is 30.3 Å². The molecule has 5 nitrogen and oxygen atoms in total. The van der Waals surface area contributed by atoms with Crippen LogP contribution in [0.4, 0.5) is 14.5 Å². The van der Waals surface area contributed by atoms with Crippen LogP contribution in [-0.2, 0) is 6.61 Å². The van der Waals surface area contributed by atoms with Gasteiger partial charge in [0, 0.05) is 11.1 Å². The van der Waals surface area contributed by atoms with Gasteiger partial charge in [-0.1, -0.05) is 12.1 Å². The summed E-state index contributed by atoms with van der Waals surface area (Å²) in [6.45, 7) is 0.930. The minimum absolute atomic E-state index is 0.144. The van der Waals surface area contributed by atoms with Gasteiger partial charge in [-0.3, -0.25) is 10.1 Å². The van der Waals surface area contributed by atoms with Crippen molar-refractivity contribution in [2.45, 2.75) is 13.5 Å². The lowest BCUT2D eigenvalue weighted by molar-refractivity contribution is -0.385. The molecule has 0 aliphatic rings. The third kappa shape index (κ3) is 2.97. The predicted octanol–water partition coefficient (Wildman–Crippen LogP) is 3.47. The molecule has 0 spiro atoms. The predicted molar refractivity (Wildman–Crippen MR) is 70.2 cm³/mol. The zero-order valence-electron chi connectivity index (χ0n) is 11.0. The number of aliphatic hydroxyl groups is 1. The van der Waals surface area contributed by atoms with Crippen molar-refractivity contribution in [1.82, 2.24) is 0 Å². The molecule has 0 amide bonds. The molecule has 2 aromatic carbocycles. The fourth-order valence-corrected chi connectivity index (χ4v) is 1.82. The van der Waals surface area contributed by atoms with Crippen LogP contribution in [0.3, 0.4) is 0 Å². The molecule has 0 atom stereocenters. The lowest BCUT2D eigenvalue weighted by Crippen LogP contribution is -1.99. The first-order valence-corrected chi connectivity index (χ1v) is 5.94. The van der Waals surface area contributed by atoms with Crippen LogP contribution in [-0.4, -0.2) is 10.0 Å². The zero-order chi connectivity index (χ0) is 15.6. The van der Waals surface area contributed by atoms with Crippen molar-refractivity contribution >= 4 is 5.69 Å². The summed E-state index contributed by atoms with van der Waals surface area (Å²) in [5.41, 5.74) is -0.0699. The highest BCUT2D eigenvalue weighted by Gasteiger charge is 2.19. The van der Waals surface area contributed by atoms with Crippen LogP contribution in [0, 0.1) is 28.7 Å². The van der Waals surface area contributed by atoms with E-state index in [0.29, 0.717) is 6.07 Å². The molecular formula is C14H11F2NO4. The van der Waals surface area contributed by atoms with E-state index in [0.717, 1.165) is 12.1 Å². The highest BCUT2D eigenvalue weighted by Crippen LogP contribution is 2.33. The van der Waals surface area contributed by atoms with Crippen molar-refractivity contribution < 1.29 is 23.5 Å². The molecule has 0 saturated heterocycles. The maximum absolute atomic E-state index is 13.8. The Balaban J connectivity index is 2.46. The molecule has 7 heteroatoms. The Kier molecular flexibility index (Phi) is 4.13. The van der Waals surface area contributed by atoms with Gasteiger partial charge in [0.05, 0.1) is 17.6 Å². The summed E-state index contributed by atoms with van der Waals surface area (Å²) in [6.07, 6.45) is 0. The smallest absolute Gasteiger partial charge is 0.275 e. The third-order valence-corrected chi connectivity index (χ3v) is 2.88. The summed E-state index contributed by atoms with van der Waals surface area (Å²) < 4.78 is 32.7. The molecule has 110 valence electrons. The van der Waals surface area contributed by atoms with Crippen molar-refractivity contribution in [3.05, 3.63) is 63.2 Å². The van der Waals surface area contributed by atoms with Crippen LogP contribution in [0.5, 0.6) is 11.5 Å². The highest BCUT2D eigenvalue weighted by atomic mass is 19.1. The maximum atomic E-state index is 13.8. The SMILES string of the molecule is Cc1cc(Oc2c(F)cccc2CO)c(F)cc1[N+](=O)[O-]. The van der Waals surface area contributed by atoms with Crippen LogP contribution in [0.2, 0.25) is 0 Å². The standard InChI is InChI=1S/C14H11F2NO4/c1-8-5-13(11(16)6-12(8)17(19)20)21-14-9(7-18)3-2-4-10(14)15/h2-6,18H,7H2,1H3. The molecule has 0 radical (unpaired) electrons. The van der Waals surface area contributed by atoms with E-state index in [4.69, 9.17) is 9.84 Å². The molecule has 0 heterocycles. The van der Waals surface area contributed by atoms with Crippen molar-refractivity contribution in [1.29, 1.82) is 0 Å². The number of ether oxygens (including phenoxy) is 1. The largest absolute Gasteiger partial charge is 0.451 e. The van der Waals surface area contributed by atoms with E-state index in [9.17, 15) is 18.9 Å². The second kappa shape index (κ2) is 5.84. The zero-order valence-corrected chi connectivity index (χ0v) is 11.0. The van der Waals surface area contributed by atoms with E-state index < -0.39 is 28.9 Å². The molecular weight excluding hydrogens is 284 g/mol. The first-order valence-electron chi connectivity index (χ1n) is 5.94. The number of hydrogen-bond donors (Lipinski definition) is 1. The monoisotopic (exact) mass is 295 g/mol. The number of rotatable bonds is 4. The fraction of sp³-hybridized carbons (Fsp3) is 0.143. The molecule has 1 N–H and O–H groups in total. The van der Waals surface area contributed by atoms with Gasteiger partial charge in [0.2, 0.25) is 0 Å². The summed E-state index contributed by atoms with van der Waals surface area (Å²) in [6, 6.07) is 5.73. The van der Waals surface area contributed by atoms with Gasteiger partial charge < -0.3 is 9.84 Å². The van der Waals surface area contributed by atoms with E-state index in [1.807, 2.05) is 0 Å². The van der Waals surface area contributed by atoms with E-state index in [-0.39, 0.29) is 22.6 Å². The molecule has 0 aliphatic carbocycles. The van der Waals surface area contributed by atoms with Gasteiger partial charge in [-0.15, -0.1) is 0 Å². The lowest BCUT2D eigenvalue weighted by atomic mass is 10.1. The minimum atomic E-state index is -0.987. The van der Waals surface area contributed by atoms with Gasteiger partial charge in [0.25, 0.3) is 5.69 Å². The Hall–Kier alpha value is -2.54. The average molecular weight is 295 g/mol. The molecule has 0 unspecified atom stereocenters. The van der Waals surface area contributed by atoms with Gasteiger partial charge in [-0.2, -0.15) is 0 Å². The maximum Gasteiger partial charge on any atom is 0.275 e. The van der Waals surface area contributed by atoms with Gasteiger partial charge in [-0.25, -0.2) is 8.78 Å². The van der Waals surface area contributed by atoms with Gasteiger partial charge in [0.1, 0.15) is 0 Å². The summed E-state index contributed by atoms with van der Waals surface area (Å²) in [5.74, 6) is -2.42. The Morgan fingerprint density at radius 1 is 1.29 bits per heavy atom. The number of aryl methyl sites for hydroxylation is 1. The molecule has 0 aromatic heterocycles. The van der Waals surface area contributed by atoms with Crippen LogP contribution in [0.1, 0.15) is 11.1 Å². The summed E-state index contributed by atoms with van der Waals surface area (Å²) in [5, 5.41) is 19.8. The molecule has 0 fully saturated rings. The quantitative estimate of drug-likeness (QED) is 0.692. The summed E-state index contributed by atoms with van der Waals surface area (Å²) in [4.78, 5) is 9.99. The summed E-state index contributed by atoms with van der Waals surface area (Å²) >= 11 is 0. The Morgan fingerprint density at radius 2 is 2.00 bits per heavy atom.